The Morgan fingerprint density at radius 1 is 1.06 bits per heavy atom. The molecule has 0 unspecified atom stereocenters. The number of ether oxygens (including phenoxy) is 1. The molecule has 176 valence electrons. The van der Waals surface area contributed by atoms with Crippen LogP contribution in [0.25, 0.3) is 34.5 Å². The standard InChI is InChI=1S/C27H22BrN3O3S/c1-2-3-16-33-21-11-4-18(5-12-21)6-15-25-29-27-31(30-25)26(32)24(35-27)17-22-13-14-23(34-22)19-7-9-20(28)10-8-19/h4-15,17H,2-3,16H2,1H3/b15-6+,24-17-. The lowest BCUT2D eigenvalue weighted by Gasteiger charge is -2.04. The van der Waals surface area contributed by atoms with E-state index in [4.69, 9.17) is 9.15 Å². The van der Waals surface area contributed by atoms with Crippen LogP contribution in [0.5, 0.6) is 5.75 Å². The number of nitrogens with zero attached hydrogens (tertiary/aromatic N) is 3. The maximum Gasteiger partial charge on any atom is 0.291 e. The number of hydrogen-bond donors (Lipinski definition) is 0. The zero-order valence-electron chi connectivity index (χ0n) is 19.0. The van der Waals surface area contributed by atoms with Crippen molar-refractivity contribution < 1.29 is 9.15 Å². The first-order valence-electron chi connectivity index (χ1n) is 11.3. The molecule has 5 aromatic rings. The van der Waals surface area contributed by atoms with Gasteiger partial charge in [-0.15, -0.1) is 5.10 Å². The Bertz CT molecular complexity index is 1580. The minimum absolute atomic E-state index is 0.215. The SMILES string of the molecule is CCCCOc1ccc(/C=C/c2nc3s/c(=C\c4ccc(-c5ccc(Br)cc5)o4)c(=O)n3n2)cc1. The lowest BCUT2D eigenvalue weighted by molar-refractivity contribution is 0.309. The fraction of sp³-hybridized carbons (Fsp3) is 0.148. The molecule has 8 heteroatoms. The first kappa shape index (κ1) is 23.3. The fourth-order valence-electron chi connectivity index (χ4n) is 3.43. The number of aromatic nitrogens is 3. The lowest BCUT2D eigenvalue weighted by Crippen LogP contribution is -2.23. The smallest absolute Gasteiger partial charge is 0.291 e. The van der Waals surface area contributed by atoms with Crippen molar-refractivity contribution in [2.45, 2.75) is 19.8 Å². The summed E-state index contributed by atoms with van der Waals surface area (Å²) in [5, 5.41) is 4.36. The van der Waals surface area contributed by atoms with Crippen LogP contribution in [0.4, 0.5) is 0 Å². The van der Waals surface area contributed by atoms with Crippen molar-refractivity contribution in [3.05, 3.63) is 97.2 Å². The Kier molecular flexibility index (Phi) is 6.92. The second-order valence-electron chi connectivity index (χ2n) is 7.89. The van der Waals surface area contributed by atoms with Crippen LogP contribution in [0.1, 0.15) is 36.9 Å². The molecule has 5 rings (SSSR count). The van der Waals surface area contributed by atoms with Crippen molar-refractivity contribution in [2.24, 2.45) is 0 Å². The summed E-state index contributed by atoms with van der Waals surface area (Å²) in [5.74, 6) is 2.69. The maximum absolute atomic E-state index is 12.8. The highest BCUT2D eigenvalue weighted by Crippen LogP contribution is 2.24. The van der Waals surface area contributed by atoms with E-state index < -0.39 is 0 Å². The van der Waals surface area contributed by atoms with Gasteiger partial charge in [-0.1, -0.05) is 71.0 Å². The Morgan fingerprint density at radius 3 is 2.60 bits per heavy atom. The van der Waals surface area contributed by atoms with Gasteiger partial charge in [-0.2, -0.15) is 9.50 Å². The van der Waals surface area contributed by atoms with Gasteiger partial charge in [-0.05, 0) is 54.5 Å². The molecule has 0 N–H and O–H groups in total. The Balaban J connectivity index is 1.32. The molecular weight excluding hydrogens is 526 g/mol. The maximum atomic E-state index is 12.8. The topological polar surface area (TPSA) is 69.6 Å². The average Bonchev–Trinajstić information content (AvgIpc) is 3.57. The Hall–Kier alpha value is -3.49. The number of thiazole rings is 1. The van der Waals surface area contributed by atoms with E-state index in [9.17, 15) is 4.79 Å². The van der Waals surface area contributed by atoms with Crippen LogP contribution >= 0.6 is 27.3 Å². The van der Waals surface area contributed by atoms with Crippen molar-refractivity contribution in [1.29, 1.82) is 0 Å². The van der Waals surface area contributed by atoms with Crippen LogP contribution in [0, 0.1) is 0 Å². The molecule has 0 radical (unpaired) electrons. The van der Waals surface area contributed by atoms with Gasteiger partial charge in [0.05, 0.1) is 6.61 Å². The molecule has 0 saturated carbocycles. The van der Waals surface area contributed by atoms with E-state index in [-0.39, 0.29) is 5.56 Å². The van der Waals surface area contributed by atoms with Crippen molar-refractivity contribution >= 4 is 50.5 Å². The molecule has 0 aliphatic carbocycles. The molecule has 3 heterocycles. The highest BCUT2D eigenvalue weighted by Gasteiger charge is 2.10. The van der Waals surface area contributed by atoms with Gasteiger partial charge in [0.15, 0.2) is 5.82 Å². The van der Waals surface area contributed by atoms with E-state index >= 15 is 0 Å². The van der Waals surface area contributed by atoms with Crippen LogP contribution in [0.2, 0.25) is 0 Å². The predicted molar refractivity (Wildman–Crippen MR) is 144 cm³/mol. The zero-order valence-corrected chi connectivity index (χ0v) is 21.4. The fourth-order valence-corrected chi connectivity index (χ4v) is 4.59. The molecule has 0 aliphatic rings. The molecular formula is C27H22BrN3O3S. The quantitative estimate of drug-likeness (QED) is 0.220. The minimum atomic E-state index is -0.215. The summed E-state index contributed by atoms with van der Waals surface area (Å²) in [6.07, 6.45) is 7.59. The highest BCUT2D eigenvalue weighted by molar-refractivity contribution is 9.10. The highest BCUT2D eigenvalue weighted by atomic mass is 79.9. The molecule has 2 aromatic carbocycles. The molecule has 0 bridgehead atoms. The van der Waals surface area contributed by atoms with Gasteiger partial charge in [0, 0.05) is 16.1 Å². The Labute approximate surface area is 214 Å². The monoisotopic (exact) mass is 547 g/mol. The van der Waals surface area contributed by atoms with Gasteiger partial charge in [0.1, 0.15) is 21.8 Å². The number of halogens is 1. The van der Waals surface area contributed by atoms with E-state index in [0.717, 1.165) is 46.6 Å². The summed E-state index contributed by atoms with van der Waals surface area (Å²) in [6.45, 7) is 2.87. The summed E-state index contributed by atoms with van der Waals surface area (Å²) >= 11 is 4.72. The van der Waals surface area contributed by atoms with E-state index in [2.05, 4.69) is 32.9 Å². The number of rotatable bonds is 8. The van der Waals surface area contributed by atoms with Gasteiger partial charge in [-0.25, -0.2) is 0 Å². The molecule has 35 heavy (non-hydrogen) atoms. The summed E-state index contributed by atoms with van der Waals surface area (Å²) in [5.41, 5.74) is 1.75. The number of fused-ring (bicyclic) bond motifs is 1. The normalized spacial score (nSPS) is 12.2. The van der Waals surface area contributed by atoms with Crippen molar-refractivity contribution in [3.63, 3.8) is 0 Å². The third-order valence-corrected chi connectivity index (χ3v) is 6.79. The molecule has 0 fully saturated rings. The van der Waals surface area contributed by atoms with Crippen molar-refractivity contribution in [2.75, 3.05) is 6.61 Å². The van der Waals surface area contributed by atoms with Crippen LogP contribution in [-0.2, 0) is 0 Å². The van der Waals surface area contributed by atoms with Crippen molar-refractivity contribution in [1.82, 2.24) is 14.6 Å². The van der Waals surface area contributed by atoms with Crippen molar-refractivity contribution in [3.8, 4) is 17.1 Å². The average molecular weight is 548 g/mol. The number of furan rings is 1. The minimum Gasteiger partial charge on any atom is -0.494 e. The molecule has 3 aromatic heterocycles. The van der Waals surface area contributed by atoms with Crippen LogP contribution in [0.15, 0.2) is 74.3 Å². The summed E-state index contributed by atoms with van der Waals surface area (Å²) in [6, 6.07) is 19.5. The third-order valence-electron chi connectivity index (χ3n) is 5.30. The molecule has 0 saturated heterocycles. The van der Waals surface area contributed by atoms with Gasteiger partial charge in [-0.3, -0.25) is 4.79 Å². The van der Waals surface area contributed by atoms with E-state index in [1.54, 1.807) is 12.2 Å². The van der Waals surface area contributed by atoms with Gasteiger partial charge >= 0.3 is 0 Å². The predicted octanol–water partition coefficient (Wildman–Crippen LogP) is 6.07. The number of hydrogen-bond acceptors (Lipinski definition) is 6. The largest absolute Gasteiger partial charge is 0.494 e. The Morgan fingerprint density at radius 2 is 1.86 bits per heavy atom. The number of unbranched alkanes of at least 4 members (excludes halogenated alkanes) is 1. The second kappa shape index (κ2) is 10.4. The zero-order chi connectivity index (χ0) is 24.2. The molecule has 0 atom stereocenters. The van der Waals surface area contributed by atoms with E-state index in [1.807, 2.05) is 66.7 Å². The number of benzene rings is 2. The molecule has 0 amide bonds. The third kappa shape index (κ3) is 5.44. The second-order valence-corrected chi connectivity index (χ2v) is 9.82. The van der Waals surface area contributed by atoms with Crippen LogP contribution in [0.3, 0.4) is 0 Å². The van der Waals surface area contributed by atoms with E-state index in [1.165, 1.54) is 15.9 Å². The van der Waals surface area contributed by atoms with Crippen LogP contribution < -0.4 is 14.8 Å². The van der Waals surface area contributed by atoms with Crippen LogP contribution in [-0.4, -0.2) is 21.2 Å². The first-order valence-corrected chi connectivity index (χ1v) is 12.9. The van der Waals surface area contributed by atoms with Gasteiger partial charge < -0.3 is 9.15 Å². The van der Waals surface area contributed by atoms with E-state index in [0.29, 0.717) is 21.1 Å². The summed E-state index contributed by atoms with van der Waals surface area (Å²) in [7, 11) is 0. The lowest BCUT2D eigenvalue weighted by atomic mass is 10.2. The molecule has 0 aliphatic heterocycles. The molecule has 6 nitrogen and oxygen atoms in total. The van der Waals surface area contributed by atoms with Gasteiger partial charge in [0.2, 0.25) is 4.96 Å². The summed E-state index contributed by atoms with van der Waals surface area (Å²) < 4.78 is 14.5. The molecule has 0 spiro atoms. The summed E-state index contributed by atoms with van der Waals surface area (Å²) in [4.78, 5) is 17.9. The first-order chi connectivity index (χ1) is 17.1. The van der Waals surface area contributed by atoms with Gasteiger partial charge in [0.25, 0.3) is 5.56 Å².